The second-order valence-electron chi connectivity index (χ2n) is 3.53. The molecule has 1 aromatic rings. The van der Waals surface area contributed by atoms with Crippen LogP contribution in [0, 0.1) is 11.6 Å². The Morgan fingerprint density at radius 2 is 2.18 bits per heavy atom. The molecule has 0 amide bonds. The summed E-state index contributed by atoms with van der Waals surface area (Å²) in [5, 5.41) is 0. The van der Waals surface area contributed by atoms with Crippen molar-refractivity contribution >= 4 is 11.9 Å². The number of carbonyl (C=O) groups excluding carboxylic acids is 2. The van der Waals surface area contributed by atoms with Crippen LogP contribution in [0.5, 0.6) is 0 Å². The predicted octanol–water partition coefficient (Wildman–Crippen LogP) is 1.22. The monoisotopic (exact) mass is 242 g/mol. The minimum Gasteiger partial charge on any atom is -0.466 e. The molecule has 0 N–H and O–H groups in total. The maximum Gasteiger partial charge on any atom is 0.347 e. The molecule has 0 aliphatic carbocycles. The van der Waals surface area contributed by atoms with Crippen LogP contribution >= 0.6 is 0 Å². The number of ether oxygens (including phenoxy) is 2. The molecule has 0 saturated heterocycles. The van der Waals surface area contributed by atoms with Crippen molar-refractivity contribution in [2.24, 2.45) is 0 Å². The van der Waals surface area contributed by atoms with Crippen LogP contribution in [-0.2, 0) is 20.7 Å². The van der Waals surface area contributed by atoms with E-state index >= 15 is 0 Å². The first-order valence-electron chi connectivity index (χ1n) is 4.79. The number of fused-ring (bicyclic) bond motifs is 1. The summed E-state index contributed by atoms with van der Waals surface area (Å²) in [6.07, 6.45) is -1.33. The SMILES string of the molecule is COC(=O)C1Cc2c(F)cc(F)cc2C(=O)O1. The van der Waals surface area contributed by atoms with Crippen molar-refractivity contribution < 1.29 is 27.8 Å². The second kappa shape index (κ2) is 4.12. The molecule has 1 aromatic carbocycles. The van der Waals surface area contributed by atoms with Gasteiger partial charge in [-0.05, 0) is 6.07 Å². The lowest BCUT2D eigenvalue weighted by molar-refractivity contribution is -0.151. The number of methoxy groups -OCH3 is 1. The summed E-state index contributed by atoms with van der Waals surface area (Å²) in [6, 6.07) is 1.54. The molecule has 17 heavy (non-hydrogen) atoms. The Bertz CT molecular complexity index is 498. The molecule has 2 rings (SSSR count). The van der Waals surface area contributed by atoms with Gasteiger partial charge >= 0.3 is 11.9 Å². The number of hydrogen-bond acceptors (Lipinski definition) is 4. The van der Waals surface area contributed by atoms with Gasteiger partial charge in [-0.2, -0.15) is 0 Å². The number of halogens is 2. The molecule has 0 fully saturated rings. The van der Waals surface area contributed by atoms with E-state index in [0.29, 0.717) is 6.07 Å². The zero-order chi connectivity index (χ0) is 12.6. The number of rotatable bonds is 1. The van der Waals surface area contributed by atoms with Crippen molar-refractivity contribution in [3.8, 4) is 0 Å². The fourth-order valence-corrected chi connectivity index (χ4v) is 1.68. The van der Waals surface area contributed by atoms with Gasteiger partial charge in [0.1, 0.15) is 11.6 Å². The van der Waals surface area contributed by atoms with Gasteiger partial charge < -0.3 is 9.47 Å². The molecule has 0 bridgehead atoms. The minimum absolute atomic E-state index is 0.0296. The molecule has 1 atom stereocenters. The van der Waals surface area contributed by atoms with Gasteiger partial charge in [-0.15, -0.1) is 0 Å². The third kappa shape index (κ3) is 1.98. The standard InChI is InChI=1S/C11H8F2O4/c1-16-11(15)9-4-6-7(10(14)17-9)2-5(12)3-8(6)13/h2-3,9H,4H2,1H3. The number of hydrogen-bond donors (Lipinski definition) is 0. The van der Waals surface area contributed by atoms with E-state index in [1.165, 1.54) is 0 Å². The van der Waals surface area contributed by atoms with Gasteiger partial charge in [-0.3, -0.25) is 0 Å². The molecule has 1 unspecified atom stereocenters. The average Bonchev–Trinajstić information content (AvgIpc) is 2.29. The van der Waals surface area contributed by atoms with Crippen LogP contribution in [0.15, 0.2) is 12.1 Å². The first-order chi connectivity index (χ1) is 8.02. The lowest BCUT2D eigenvalue weighted by atomic mass is 9.98. The van der Waals surface area contributed by atoms with E-state index < -0.39 is 29.7 Å². The average molecular weight is 242 g/mol. The summed E-state index contributed by atoms with van der Waals surface area (Å²) in [6.45, 7) is 0. The van der Waals surface area contributed by atoms with Crippen molar-refractivity contribution in [2.45, 2.75) is 12.5 Å². The van der Waals surface area contributed by atoms with Crippen molar-refractivity contribution in [1.82, 2.24) is 0 Å². The highest BCUT2D eigenvalue weighted by molar-refractivity contribution is 5.95. The van der Waals surface area contributed by atoms with Crippen molar-refractivity contribution in [3.63, 3.8) is 0 Å². The second-order valence-corrected chi connectivity index (χ2v) is 3.53. The Morgan fingerprint density at radius 1 is 1.47 bits per heavy atom. The van der Waals surface area contributed by atoms with E-state index in [1.54, 1.807) is 0 Å². The third-order valence-corrected chi connectivity index (χ3v) is 2.48. The summed E-state index contributed by atoms with van der Waals surface area (Å²) in [5.41, 5.74) is -0.222. The Kier molecular flexibility index (Phi) is 2.79. The van der Waals surface area contributed by atoms with E-state index in [9.17, 15) is 18.4 Å². The molecule has 6 heteroatoms. The van der Waals surface area contributed by atoms with Crippen LogP contribution in [0.3, 0.4) is 0 Å². The molecular formula is C11H8F2O4. The molecule has 1 aliphatic rings. The fraction of sp³-hybridized carbons (Fsp3) is 0.273. The normalized spacial score (nSPS) is 18.3. The number of cyclic esters (lactones) is 1. The highest BCUT2D eigenvalue weighted by atomic mass is 19.1. The molecule has 0 aromatic heterocycles. The summed E-state index contributed by atoms with van der Waals surface area (Å²) in [7, 11) is 1.13. The Morgan fingerprint density at radius 3 is 2.82 bits per heavy atom. The Balaban J connectivity index is 2.43. The first kappa shape index (κ1) is 11.5. The van der Waals surface area contributed by atoms with Crippen LogP contribution in [0.25, 0.3) is 0 Å². The Labute approximate surface area is 95.1 Å². The van der Waals surface area contributed by atoms with Crippen molar-refractivity contribution in [1.29, 1.82) is 0 Å². The van der Waals surface area contributed by atoms with Gasteiger partial charge in [0.2, 0.25) is 6.10 Å². The van der Waals surface area contributed by atoms with E-state index in [2.05, 4.69) is 4.74 Å². The van der Waals surface area contributed by atoms with Crippen LogP contribution in [-0.4, -0.2) is 25.2 Å². The predicted molar refractivity (Wildman–Crippen MR) is 51.3 cm³/mol. The molecule has 4 nitrogen and oxygen atoms in total. The Hall–Kier alpha value is -1.98. The van der Waals surface area contributed by atoms with Crippen LogP contribution in [0.4, 0.5) is 8.78 Å². The minimum atomic E-state index is -1.18. The lowest BCUT2D eigenvalue weighted by Crippen LogP contribution is -2.35. The van der Waals surface area contributed by atoms with E-state index in [4.69, 9.17) is 4.74 Å². The summed E-state index contributed by atoms with van der Waals surface area (Å²) < 4.78 is 35.5. The zero-order valence-electron chi connectivity index (χ0n) is 8.83. The van der Waals surface area contributed by atoms with Crippen LogP contribution in [0.2, 0.25) is 0 Å². The van der Waals surface area contributed by atoms with E-state index in [1.807, 2.05) is 0 Å². The number of esters is 2. The van der Waals surface area contributed by atoms with Crippen molar-refractivity contribution in [3.05, 3.63) is 34.9 Å². The van der Waals surface area contributed by atoms with Gasteiger partial charge in [-0.25, -0.2) is 18.4 Å². The van der Waals surface area contributed by atoms with Gasteiger partial charge in [0.25, 0.3) is 0 Å². The fourth-order valence-electron chi connectivity index (χ4n) is 1.68. The molecule has 0 spiro atoms. The van der Waals surface area contributed by atoms with Crippen LogP contribution in [0.1, 0.15) is 15.9 Å². The summed E-state index contributed by atoms with van der Waals surface area (Å²) >= 11 is 0. The maximum atomic E-state index is 13.4. The smallest absolute Gasteiger partial charge is 0.347 e. The van der Waals surface area contributed by atoms with E-state index in [0.717, 1.165) is 13.2 Å². The maximum absolute atomic E-state index is 13.4. The molecule has 0 radical (unpaired) electrons. The molecule has 90 valence electrons. The van der Waals surface area contributed by atoms with Gasteiger partial charge in [0.15, 0.2) is 0 Å². The largest absolute Gasteiger partial charge is 0.466 e. The third-order valence-electron chi connectivity index (χ3n) is 2.48. The molecule has 0 saturated carbocycles. The van der Waals surface area contributed by atoms with Gasteiger partial charge in [0, 0.05) is 18.1 Å². The number of carbonyl (C=O) groups is 2. The first-order valence-corrected chi connectivity index (χ1v) is 4.79. The molecular weight excluding hydrogens is 234 g/mol. The zero-order valence-corrected chi connectivity index (χ0v) is 8.83. The number of benzene rings is 1. The van der Waals surface area contributed by atoms with Crippen molar-refractivity contribution in [2.75, 3.05) is 7.11 Å². The topological polar surface area (TPSA) is 52.6 Å². The van der Waals surface area contributed by atoms with Gasteiger partial charge in [0.05, 0.1) is 12.7 Å². The highest BCUT2D eigenvalue weighted by Crippen LogP contribution is 2.25. The highest BCUT2D eigenvalue weighted by Gasteiger charge is 2.34. The van der Waals surface area contributed by atoms with E-state index in [-0.39, 0.29) is 17.5 Å². The molecule has 1 heterocycles. The van der Waals surface area contributed by atoms with Crippen LogP contribution < -0.4 is 0 Å². The lowest BCUT2D eigenvalue weighted by Gasteiger charge is -2.22. The summed E-state index contributed by atoms with van der Waals surface area (Å²) in [4.78, 5) is 22.7. The summed E-state index contributed by atoms with van der Waals surface area (Å²) in [5.74, 6) is -3.44. The van der Waals surface area contributed by atoms with Gasteiger partial charge in [-0.1, -0.05) is 0 Å². The molecule has 1 aliphatic heterocycles. The quantitative estimate of drug-likeness (QED) is 0.695.